The van der Waals surface area contributed by atoms with E-state index in [1.807, 2.05) is 31.2 Å². The molecule has 4 heteroatoms. The van der Waals surface area contributed by atoms with Crippen molar-refractivity contribution in [2.45, 2.75) is 25.7 Å². The molecule has 2 aromatic rings. The van der Waals surface area contributed by atoms with Crippen molar-refractivity contribution in [3.05, 3.63) is 64.7 Å². The Morgan fingerprint density at radius 2 is 1.77 bits per heavy atom. The molecule has 1 N–H and O–H groups in total. The van der Waals surface area contributed by atoms with Gasteiger partial charge in [-0.3, -0.25) is 4.79 Å². The van der Waals surface area contributed by atoms with Gasteiger partial charge in [0, 0.05) is 5.02 Å². The maximum absolute atomic E-state index is 11.4. The molecule has 0 spiro atoms. The van der Waals surface area contributed by atoms with E-state index in [9.17, 15) is 9.90 Å². The summed E-state index contributed by atoms with van der Waals surface area (Å²) in [6, 6.07) is 14.8. The molecule has 0 aromatic heterocycles. The van der Waals surface area contributed by atoms with Crippen LogP contribution in [0.5, 0.6) is 5.75 Å². The maximum atomic E-state index is 11.4. The first-order valence-corrected chi connectivity index (χ1v) is 7.62. The molecular weight excluding hydrogens is 300 g/mol. The fraction of sp³-hybridized carbons (Fsp3) is 0.278. The lowest BCUT2D eigenvalue weighted by Gasteiger charge is -2.13. The highest BCUT2D eigenvalue weighted by atomic mass is 35.5. The second kappa shape index (κ2) is 7.85. The van der Waals surface area contributed by atoms with Crippen LogP contribution in [0.4, 0.5) is 0 Å². The first-order valence-electron chi connectivity index (χ1n) is 7.24. The average Bonchev–Trinajstić information content (AvgIpc) is 2.50. The quantitative estimate of drug-likeness (QED) is 0.754. The first-order chi connectivity index (χ1) is 10.6. The topological polar surface area (TPSA) is 46.5 Å². The lowest BCUT2D eigenvalue weighted by molar-refractivity contribution is -0.139. The molecule has 1 unspecified atom stereocenters. The van der Waals surface area contributed by atoms with Gasteiger partial charge in [-0.1, -0.05) is 41.4 Å². The van der Waals surface area contributed by atoms with Gasteiger partial charge in [0.2, 0.25) is 0 Å². The van der Waals surface area contributed by atoms with Crippen LogP contribution in [0.2, 0.25) is 5.02 Å². The molecule has 0 radical (unpaired) electrons. The van der Waals surface area contributed by atoms with E-state index in [4.69, 9.17) is 16.3 Å². The van der Waals surface area contributed by atoms with E-state index in [1.165, 1.54) is 5.56 Å². The fourth-order valence-electron chi connectivity index (χ4n) is 2.24. The summed E-state index contributed by atoms with van der Waals surface area (Å²) < 4.78 is 5.63. The van der Waals surface area contributed by atoms with Gasteiger partial charge in [0.1, 0.15) is 5.75 Å². The minimum absolute atomic E-state index is 0.500. The number of carbonyl (C=O) groups is 1. The number of carboxylic acid groups (broad SMARTS) is 1. The minimum atomic E-state index is -0.822. The molecule has 0 saturated carbocycles. The third-order valence-electron chi connectivity index (χ3n) is 3.50. The summed E-state index contributed by atoms with van der Waals surface area (Å²) in [5.41, 5.74) is 1.95. The second-order valence-corrected chi connectivity index (χ2v) is 5.68. The lowest BCUT2D eigenvalue weighted by atomic mass is 9.94. The Morgan fingerprint density at radius 3 is 2.36 bits per heavy atom. The first kappa shape index (κ1) is 16.4. The molecule has 0 amide bonds. The maximum Gasteiger partial charge on any atom is 0.310 e. The van der Waals surface area contributed by atoms with E-state index >= 15 is 0 Å². The van der Waals surface area contributed by atoms with Crippen molar-refractivity contribution in [2.24, 2.45) is 0 Å². The molecule has 22 heavy (non-hydrogen) atoms. The van der Waals surface area contributed by atoms with Gasteiger partial charge in [-0.15, -0.1) is 0 Å². The van der Waals surface area contributed by atoms with Crippen LogP contribution >= 0.6 is 11.6 Å². The molecule has 0 aliphatic carbocycles. The number of aliphatic carboxylic acids is 1. The summed E-state index contributed by atoms with van der Waals surface area (Å²) in [6.45, 7) is 2.52. The Hall–Kier alpha value is -2.00. The van der Waals surface area contributed by atoms with Gasteiger partial charge in [0.15, 0.2) is 0 Å². The zero-order valence-electron chi connectivity index (χ0n) is 12.5. The van der Waals surface area contributed by atoms with Crippen molar-refractivity contribution in [1.29, 1.82) is 0 Å². The van der Waals surface area contributed by atoms with E-state index in [2.05, 4.69) is 0 Å². The highest BCUT2D eigenvalue weighted by Gasteiger charge is 2.19. The van der Waals surface area contributed by atoms with Crippen LogP contribution in [-0.4, -0.2) is 17.7 Å². The molecular formula is C18H19ClO3. The van der Waals surface area contributed by atoms with E-state index in [0.29, 0.717) is 24.5 Å². The van der Waals surface area contributed by atoms with Gasteiger partial charge >= 0.3 is 5.97 Å². The third kappa shape index (κ3) is 4.78. The molecule has 116 valence electrons. The molecule has 0 saturated heterocycles. The third-order valence-corrected chi connectivity index (χ3v) is 3.75. The number of aryl methyl sites for hydroxylation is 1. The zero-order chi connectivity index (χ0) is 15.9. The van der Waals surface area contributed by atoms with E-state index < -0.39 is 11.9 Å². The van der Waals surface area contributed by atoms with Crippen molar-refractivity contribution >= 4 is 17.6 Å². The molecule has 0 aliphatic rings. The average molecular weight is 319 g/mol. The number of hydrogen-bond donors (Lipinski definition) is 1. The second-order valence-electron chi connectivity index (χ2n) is 5.25. The van der Waals surface area contributed by atoms with Gasteiger partial charge < -0.3 is 9.84 Å². The highest BCUT2D eigenvalue weighted by Crippen LogP contribution is 2.23. The van der Waals surface area contributed by atoms with Gasteiger partial charge in [-0.25, -0.2) is 0 Å². The van der Waals surface area contributed by atoms with Crippen LogP contribution < -0.4 is 4.74 Å². The zero-order valence-corrected chi connectivity index (χ0v) is 13.2. The Balaban J connectivity index is 1.86. The molecule has 0 bridgehead atoms. The van der Waals surface area contributed by atoms with E-state index in [1.54, 1.807) is 24.3 Å². The number of ether oxygens (including phenoxy) is 1. The SMILES string of the molecule is Cc1ccc(OCCCC(C(=O)O)c2ccc(Cl)cc2)cc1. The Bertz CT molecular complexity index is 605. The standard InChI is InChI=1S/C18H19ClO3/c1-13-4-10-16(11-5-13)22-12-2-3-17(18(20)21)14-6-8-15(19)9-7-14/h4-11,17H,2-3,12H2,1H3,(H,20,21). The van der Waals surface area contributed by atoms with Crippen molar-refractivity contribution in [2.75, 3.05) is 6.61 Å². The van der Waals surface area contributed by atoms with Crippen LogP contribution in [0.3, 0.4) is 0 Å². The number of halogens is 1. The van der Waals surface area contributed by atoms with Gasteiger partial charge in [0.25, 0.3) is 0 Å². The molecule has 2 aromatic carbocycles. The van der Waals surface area contributed by atoms with Crippen LogP contribution in [0.1, 0.15) is 29.9 Å². The molecule has 1 atom stereocenters. The van der Waals surface area contributed by atoms with Crippen LogP contribution in [0, 0.1) is 6.92 Å². The summed E-state index contributed by atoms with van der Waals surface area (Å²) in [4.78, 5) is 11.4. The number of hydrogen-bond acceptors (Lipinski definition) is 2. The molecule has 0 heterocycles. The Labute approximate surface area is 135 Å². The number of benzene rings is 2. The monoisotopic (exact) mass is 318 g/mol. The molecule has 0 aliphatic heterocycles. The minimum Gasteiger partial charge on any atom is -0.494 e. The summed E-state index contributed by atoms with van der Waals surface area (Å²) in [7, 11) is 0. The van der Waals surface area contributed by atoms with Gasteiger partial charge in [-0.2, -0.15) is 0 Å². The van der Waals surface area contributed by atoms with Gasteiger partial charge in [-0.05, 0) is 49.6 Å². The smallest absolute Gasteiger partial charge is 0.310 e. The van der Waals surface area contributed by atoms with Crippen molar-refractivity contribution < 1.29 is 14.6 Å². The van der Waals surface area contributed by atoms with Gasteiger partial charge in [0.05, 0.1) is 12.5 Å². The molecule has 3 nitrogen and oxygen atoms in total. The van der Waals surface area contributed by atoms with Crippen LogP contribution in [0.15, 0.2) is 48.5 Å². The predicted molar refractivity (Wildman–Crippen MR) is 87.7 cm³/mol. The highest BCUT2D eigenvalue weighted by molar-refractivity contribution is 6.30. The number of carboxylic acids is 1. The Morgan fingerprint density at radius 1 is 1.14 bits per heavy atom. The van der Waals surface area contributed by atoms with Crippen molar-refractivity contribution in [3.63, 3.8) is 0 Å². The van der Waals surface area contributed by atoms with E-state index in [-0.39, 0.29) is 0 Å². The van der Waals surface area contributed by atoms with Crippen molar-refractivity contribution in [1.82, 2.24) is 0 Å². The lowest BCUT2D eigenvalue weighted by Crippen LogP contribution is -2.13. The number of rotatable bonds is 7. The van der Waals surface area contributed by atoms with Crippen molar-refractivity contribution in [3.8, 4) is 5.75 Å². The summed E-state index contributed by atoms with van der Waals surface area (Å²) in [5, 5.41) is 9.98. The Kier molecular flexibility index (Phi) is 5.84. The summed E-state index contributed by atoms with van der Waals surface area (Å²) >= 11 is 5.83. The normalized spacial score (nSPS) is 11.9. The van der Waals surface area contributed by atoms with Crippen LogP contribution in [0.25, 0.3) is 0 Å². The summed E-state index contributed by atoms with van der Waals surface area (Å²) in [6.07, 6.45) is 1.20. The largest absolute Gasteiger partial charge is 0.494 e. The fourth-order valence-corrected chi connectivity index (χ4v) is 2.37. The molecule has 0 fully saturated rings. The summed E-state index contributed by atoms with van der Waals surface area (Å²) in [5.74, 6) is -0.541. The van der Waals surface area contributed by atoms with E-state index in [0.717, 1.165) is 11.3 Å². The predicted octanol–water partition coefficient (Wildman–Crippen LogP) is 4.68. The van der Waals surface area contributed by atoms with Crippen LogP contribution in [-0.2, 0) is 4.79 Å². The molecule has 2 rings (SSSR count).